The van der Waals surface area contributed by atoms with Crippen LogP contribution in [0, 0.1) is 17.6 Å². The van der Waals surface area contributed by atoms with Gasteiger partial charge in [-0.1, -0.05) is 20.3 Å². The predicted octanol–water partition coefficient (Wildman–Crippen LogP) is 2.26. The summed E-state index contributed by atoms with van der Waals surface area (Å²) in [6, 6.07) is 0.898. The zero-order valence-corrected chi connectivity index (χ0v) is 11.9. The van der Waals surface area contributed by atoms with Gasteiger partial charge in [0, 0.05) is 12.1 Å². The van der Waals surface area contributed by atoms with Gasteiger partial charge in [-0.15, -0.1) is 0 Å². The maximum absolute atomic E-state index is 13.5. The highest BCUT2D eigenvalue weighted by Crippen LogP contribution is 2.21. The first-order valence-electron chi connectivity index (χ1n) is 5.95. The summed E-state index contributed by atoms with van der Waals surface area (Å²) in [5.41, 5.74) is 4.86. The number of hydrogen-bond acceptors (Lipinski definition) is 3. The third-order valence-electron chi connectivity index (χ3n) is 3.18. The van der Waals surface area contributed by atoms with Crippen molar-refractivity contribution in [1.29, 1.82) is 0 Å². The molecule has 4 nitrogen and oxygen atoms in total. The lowest BCUT2D eigenvalue weighted by Crippen LogP contribution is -2.37. The molecule has 0 spiro atoms. The van der Waals surface area contributed by atoms with Gasteiger partial charge in [0.05, 0.1) is 5.69 Å². The summed E-state index contributed by atoms with van der Waals surface area (Å²) < 4.78 is 53.0. The SMILES string of the molecule is CCC(C)C(C)NS(=O)(=O)c1cc(N)c(F)cc1F. The van der Waals surface area contributed by atoms with E-state index in [1.54, 1.807) is 6.92 Å². The van der Waals surface area contributed by atoms with Crippen LogP contribution >= 0.6 is 0 Å². The molecule has 0 saturated heterocycles. The molecule has 0 aromatic heterocycles. The molecule has 1 aromatic rings. The van der Waals surface area contributed by atoms with Crippen molar-refractivity contribution in [3.8, 4) is 0 Å². The smallest absolute Gasteiger partial charge is 0.243 e. The number of halogens is 2. The van der Waals surface area contributed by atoms with E-state index in [1.807, 2.05) is 13.8 Å². The Balaban J connectivity index is 3.11. The molecule has 7 heteroatoms. The van der Waals surface area contributed by atoms with Crippen molar-refractivity contribution in [3.63, 3.8) is 0 Å². The molecule has 0 amide bonds. The van der Waals surface area contributed by atoms with Crippen LogP contribution < -0.4 is 10.5 Å². The topological polar surface area (TPSA) is 72.2 Å². The van der Waals surface area contributed by atoms with E-state index in [9.17, 15) is 17.2 Å². The summed E-state index contributed by atoms with van der Waals surface area (Å²) >= 11 is 0. The lowest BCUT2D eigenvalue weighted by Gasteiger charge is -2.20. The van der Waals surface area contributed by atoms with Gasteiger partial charge in [-0.3, -0.25) is 0 Å². The van der Waals surface area contributed by atoms with Gasteiger partial charge in [0.2, 0.25) is 10.0 Å². The van der Waals surface area contributed by atoms with Crippen LogP contribution in [0.2, 0.25) is 0 Å². The number of rotatable bonds is 5. The fourth-order valence-electron chi connectivity index (χ4n) is 1.53. The summed E-state index contributed by atoms with van der Waals surface area (Å²) in [7, 11) is -4.06. The molecule has 0 aliphatic rings. The molecule has 0 bridgehead atoms. The van der Waals surface area contributed by atoms with Crippen LogP contribution in [-0.4, -0.2) is 14.5 Å². The molecule has 0 saturated carbocycles. The summed E-state index contributed by atoms with van der Waals surface area (Å²) in [6.45, 7) is 5.49. The highest BCUT2D eigenvalue weighted by Gasteiger charge is 2.24. The highest BCUT2D eigenvalue weighted by atomic mass is 32.2. The van der Waals surface area contributed by atoms with Gasteiger partial charge in [-0.2, -0.15) is 0 Å². The molecule has 2 atom stereocenters. The van der Waals surface area contributed by atoms with Gasteiger partial charge in [0.1, 0.15) is 16.5 Å². The molecule has 108 valence electrons. The van der Waals surface area contributed by atoms with Gasteiger partial charge >= 0.3 is 0 Å². The second kappa shape index (κ2) is 5.83. The first-order valence-corrected chi connectivity index (χ1v) is 7.44. The Kier molecular flexibility index (Phi) is 4.86. The summed E-state index contributed by atoms with van der Waals surface area (Å²) in [4.78, 5) is -0.637. The summed E-state index contributed by atoms with van der Waals surface area (Å²) in [5, 5.41) is 0. The second-order valence-electron chi connectivity index (χ2n) is 4.60. The van der Waals surface area contributed by atoms with Gasteiger partial charge in [0.15, 0.2) is 0 Å². The lowest BCUT2D eigenvalue weighted by atomic mass is 10.0. The molecule has 0 fully saturated rings. The van der Waals surface area contributed by atoms with Crippen LogP contribution in [0.1, 0.15) is 27.2 Å². The van der Waals surface area contributed by atoms with Crippen LogP contribution in [-0.2, 0) is 10.0 Å². The van der Waals surface area contributed by atoms with Crippen LogP contribution in [0.15, 0.2) is 17.0 Å². The van der Waals surface area contributed by atoms with Gasteiger partial charge in [-0.25, -0.2) is 21.9 Å². The Morgan fingerprint density at radius 2 is 1.84 bits per heavy atom. The van der Waals surface area contributed by atoms with Crippen LogP contribution in [0.4, 0.5) is 14.5 Å². The largest absolute Gasteiger partial charge is 0.396 e. The summed E-state index contributed by atoms with van der Waals surface area (Å²) in [5.74, 6) is -2.04. The minimum absolute atomic E-state index is 0.0932. The maximum Gasteiger partial charge on any atom is 0.243 e. The first kappa shape index (κ1) is 15.8. The molecule has 19 heavy (non-hydrogen) atoms. The monoisotopic (exact) mass is 292 g/mol. The van der Waals surface area contributed by atoms with E-state index in [-0.39, 0.29) is 12.0 Å². The number of nitrogens with two attached hydrogens (primary N) is 1. The van der Waals surface area contributed by atoms with Gasteiger partial charge in [-0.05, 0) is 18.9 Å². The number of hydrogen-bond donors (Lipinski definition) is 2. The lowest BCUT2D eigenvalue weighted by molar-refractivity contribution is 0.432. The van der Waals surface area contributed by atoms with Crippen molar-refractivity contribution in [2.75, 3.05) is 5.73 Å². The van der Waals surface area contributed by atoms with E-state index in [0.717, 1.165) is 12.5 Å². The Labute approximate surface area is 112 Å². The fraction of sp³-hybridized carbons (Fsp3) is 0.500. The second-order valence-corrected chi connectivity index (χ2v) is 6.28. The van der Waals surface area contributed by atoms with Crippen molar-refractivity contribution in [2.45, 2.75) is 38.1 Å². The van der Waals surface area contributed by atoms with Crippen molar-refractivity contribution >= 4 is 15.7 Å². The first-order chi connectivity index (χ1) is 8.69. The van der Waals surface area contributed by atoms with Crippen LogP contribution in [0.25, 0.3) is 0 Å². The molecule has 0 aliphatic heterocycles. The highest BCUT2D eigenvalue weighted by molar-refractivity contribution is 7.89. The molecule has 1 aromatic carbocycles. The Hall–Kier alpha value is -1.21. The van der Waals surface area contributed by atoms with Gasteiger partial charge < -0.3 is 5.73 Å². The maximum atomic E-state index is 13.5. The van der Waals surface area contributed by atoms with Crippen LogP contribution in [0.3, 0.4) is 0 Å². The van der Waals surface area contributed by atoms with E-state index in [1.165, 1.54) is 0 Å². The van der Waals surface area contributed by atoms with Crippen molar-refractivity contribution in [3.05, 3.63) is 23.8 Å². The van der Waals surface area contributed by atoms with Crippen molar-refractivity contribution < 1.29 is 17.2 Å². The van der Waals surface area contributed by atoms with E-state index >= 15 is 0 Å². The average molecular weight is 292 g/mol. The normalized spacial score (nSPS) is 15.2. The minimum Gasteiger partial charge on any atom is -0.396 e. The molecule has 1 rings (SSSR count). The van der Waals surface area contributed by atoms with Gasteiger partial charge in [0.25, 0.3) is 0 Å². The average Bonchev–Trinajstić information content (AvgIpc) is 2.31. The number of nitrogens with one attached hydrogen (secondary N) is 1. The molecule has 0 heterocycles. The zero-order valence-electron chi connectivity index (χ0n) is 11.1. The standard InChI is InChI=1S/C12H18F2N2O2S/c1-4-7(2)8(3)16-19(17,18)12-6-11(15)9(13)5-10(12)14/h5-8,16H,4,15H2,1-3H3. The van der Waals surface area contributed by atoms with E-state index in [4.69, 9.17) is 5.73 Å². The quantitative estimate of drug-likeness (QED) is 0.818. The fourth-order valence-corrected chi connectivity index (χ4v) is 2.98. The van der Waals surface area contributed by atoms with E-state index < -0.39 is 32.2 Å². The predicted molar refractivity (Wildman–Crippen MR) is 70.0 cm³/mol. The molecular formula is C12H18F2N2O2S. The van der Waals surface area contributed by atoms with Crippen LogP contribution in [0.5, 0.6) is 0 Å². The molecule has 0 radical (unpaired) electrons. The molecular weight excluding hydrogens is 274 g/mol. The number of nitrogen functional groups attached to an aromatic ring is 1. The van der Waals surface area contributed by atoms with Crippen molar-refractivity contribution in [1.82, 2.24) is 4.72 Å². The molecule has 0 aliphatic carbocycles. The minimum atomic E-state index is -4.06. The molecule has 2 unspecified atom stereocenters. The van der Waals surface area contributed by atoms with E-state index in [2.05, 4.69) is 4.72 Å². The third-order valence-corrected chi connectivity index (χ3v) is 4.75. The number of anilines is 1. The number of sulfonamides is 1. The zero-order chi connectivity index (χ0) is 14.8. The third kappa shape index (κ3) is 3.63. The Morgan fingerprint density at radius 3 is 2.37 bits per heavy atom. The van der Waals surface area contributed by atoms with Crippen molar-refractivity contribution in [2.24, 2.45) is 5.92 Å². The number of benzene rings is 1. The van der Waals surface area contributed by atoms with E-state index in [0.29, 0.717) is 6.07 Å². The molecule has 3 N–H and O–H groups in total. The Bertz CT molecular complexity index is 561. The Morgan fingerprint density at radius 1 is 1.26 bits per heavy atom. The summed E-state index contributed by atoms with van der Waals surface area (Å²) in [6.07, 6.45) is 0.776.